The first-order chi connectivity index (χ1) is 33.0. The fourth-order valence-electron chi connectivity index (χ4n) is 12.0. The zero-order valence-corrected chi connectivity index (χ0v) is 41.8. The van der Waals surface area contributed by atoms with Gasteiger partial charge in [0.2, 0.25) is 17.8 Å². The zero-order chi connectivity index (χ0) is 47.5. The Balaban J connectivity index is 0.683. The summed E-state index contributed by atoms with van der Waals surface area (Å²) in [6.07, 6.45) is 26.6. The lowest BCUT2D eigenvalue weighted by Gasteiger charge is -2.47. The molecule has 1 saturated heterocycles. The number of rotatable bonds is 24. The Morgan fingerprint density at radius 3 is 2.16 bits per heavy atom. The number of pyridine rings is 1. The van der Waals surface area contributed by atoms with E-state index in [9.17, 15) is 14.4 Å². The molecule has 0 spiro atoms. The Morgan fingerprint density at radius 1 is 0.809 bits per heavy atom. The van der Waals surface area contributed by atoms with Crippen molar-refractivity contribution in [1.82, 2.24) is 24.8 Å². The highest BCUT2D eigenvalue weighted by Gasteiger charge is 2.42. The maximum Gasteiger partial charge on any atom is 0.257 e. The number of unbranched alkanes of at least 4 members (excludes halogenated alkanes) is 11. The standard InChI is InChI=1S/C56H80N8O4/c1-40-30-42-33-43(31-40)37-56(3,36-42)38-51(65)57-24-15-13-11-9-7-5-6-8-10-12-14-16-25-62-26-28-63(29-27-62)46-22-23-49(50(35-46)68-4)60-55-58-39-48-41(2)32-52(66)64(53(48)61-55)47-19-17-18-45(34-47)59-54(67)44-20-21-44/h17-19,22-23,32,34-35,39-40,42-44H,5-16,20-21,24-31,33,36-38H2,1-4H3,(H,57,65)(H,59,67)(H,58,60,61). The van der Waals surface area contributed by atoms with Gasteiger partial charge in [0.05, 0.1) is 18.5 Å². The Morgan fingerprint density at radius 2 is 1.49 bits per heavy atom. The van der Waals surface area contributed by atoms with E-state index in [0.29, 0.717) is 28.7 Å². The lowest BCUT2D eigenvalue weighted by atomic mass is 9.58. The quantitative estimate of drug-likeness (QED) is 0.0587. The second-order valence-electron chi connectivity index (χ2n) is 21.6. The molecule has 368 valence electrons. The van der Waals surface area contributed by atoms with E-state index in [0.717, 1.165) is 98.5 Å². The maximum atomic E-state index is 13.5. The molecular weight excluding hydrogens is 849 g/mol. The highest BCUT2D eigenvalue weighted by molar-refractivity contribution is 5.94. The van der Waals surface area contributed by atoms with Gasteiger partial charge in [-0.3, -0.25) is 23.9 Å². The third kappa shape index (κ3) is 13.6. The number of aryl methyl sites for hydroxylation is 1. The van der Waals surface area contributed by atoms with Gasteiger partial charge in [0.1, 0.15) is 5.75 Å². The molecular formula is C56H80N8O4. The number of nitrogens with one attached hydrogen (secondary N) is 3. The maximum absolute atomic E-state index is 13.5. The molecule has 2 amide bonds. The number of methoxy groups -OCH3 is 1. The van der Waals surface area contributed by atoms with Crippen molar-refractivity contribution < 1.29 is 14.3 Å². The van der Waals surface area contributed by atoms with E-state index in [1.165, 1.54) is 109 Å². The van der Waals surface area contributed by atoms with Crippen LogP contribution in [0.15, 0.2) is 59.5 Å². The number of carbonyl (C=O) groups excluding carboxylic acids is 2. The first-order valence-electron chi connectivity index (χ1n) is 26.5. The number of benzene rings is 2. The number of piperazine rings is 1. The lowest BCUT2D eigenvalue weighted by Crippen LogP contribution is -2.46. The van der Waals surface area contributed by atoms with E-state index in [1.807, 2.05) is 37.3 Å². The van der Waals surface area contributed by atoms with Crippen LogP contribution in [-0.2, 0) is 9.59 Å². The molecule has 3 aliphatic carbocycles. The Hall–Kier alpha value is -4.97. The van der Waals surface area contributed by atoms with E-state index >= 15 is 0 Å². The molecule has 8 rings (SSSR count). The number of aromatic nitrogens is 3. The number of carbonyl (C=O) groups is 2. The predicted octanol–water partition coefficient (Wildman–Crippen LogP) is 11.4. The van der Waals surface area contributed by atoms with E-state index < -0.39 is 0 Å². The molecule has 0 radical (unpaired) electrons. The van der Waals surface area contributed by atoms with Crippen LogP contribution in [0.5, 0.6) is 5.75 Å². The van der Waals surface area contributed by atoms with Crippen molar-refractivity contribution in [3.05, 3.63) is 70.6 Å². The molecule has 3 saturated carbocycles. The number of hydrogen-bond donors (Lipinski definition) is 3. The van der Waals surface area contributed by atoms with Crippen LogP contribution in [0.25, 0.3) is 16.7 Å². The average molecular weight is 929 g/mol. The Labute approximate surface area is 405 Å². The highest BCUT2D eigenvalue weighted by atomic mass is 16.5. The third-order valence-corrected chi connectivity index (χ3v) is 15.5. The van der Waals surface area contributed by atoms with Crippen LogP contribution < -0.4 is 31.1 Å². The van der Waals surface area contributed by atoms with Gasteiger partial charge in [-0.15, -0.1) is 0 Å². The van der Waals surface area contributed by atoms with Crippen molar-refractivity contribution in [2.24, 2.45) is 29.1 Å². The fraction of sp³-hybridized carbons (Fsp3) is 0.625. The van der Waals surface area contributed by atoms with Gasteiger partial charge in [0.25, 0.3) is 5.56 Å². The number of fused-ring (bicyclic) bond motifs is 3. The van der Waals surface area contributed by atoms with Crippen molar-refractivity contribution in [2.75, 3.05) is 61.9 Å². The number of ether oxygens (including phenoxy) is 1. The second-order valence-corrected chi connectivity index (χ2v) is 21.6. The summed E-state index contributed by atoms with van der Waals surface area (Å²) in [7, 11) is 1.67. The minimum absolute atomic E-state index is 0.0145. The summed E-state index contributed by atoms with van der Waals surface area (Å²) in [6.45, 7) is 12.8. The molecule has 4 fully saturated rings. The molecule has 4 aromatic rings. The summed E-state index contributed by atoms with van der Waals surface area (Å²) in [5, 5.41) is 10.4. The summed E-state index contributed by atoms with van der Waals surface area (Å²) in [5.41, 5.74) is 4.40. The lowest BCUT2D eigenvalue weighted by molar-refractivity contribution is -0.124. The van der Waals surface area contributed by atoms with Gasteiger partial charge in [-0.05, 0) is 130 Å². The van der Waals surface area contributed by atoms with Crippen molar-refractivity contribution in [3.8, 4) is 11.4 Å². The van der Waals surface area contributed by atoms with Crippen LogP contribution in [0.2, 0.25) is 0 Å². The summed E-state index contributed by atoms with van der Waals surface area (Å²) in [4.78, 5) is 53.2. The van der Waals surface area contributed by atoms with Crippen LogP contribution in [-0.4, -0.2) is 77.6 Å². The van der Waals surface area contributed by atoms with Gasteiger partial charge < -0.3 is 25.6 Å². The minimum atomic E-state index is -0.211. The van der Waals surface area contributed by atoms with Crippen LogP contribution in [0, 0.1) is 36.0 Å². The van der Waals surface area contributed by atoms with E-state index in [4.69, 9.17) is 9.72 Å². The topological polar surface area (TPSA) is 134 Å². The summed E-state index contributed by atoms with van der Waals surface area (Å²) in [5.74, 6) is 3.99. The number of amides is 2. The smallest absolute Gasteiger partial charge is 0.257 e. The van der Waals surface area contributed by atoms with Gasteiger partial charge in [-0.2, -0.15) is 4.98 Å². The third-order valence-electron chi connectivity index (χ3n) is 15.5. The number of anilines is 4. The zero-order valence-electron chi connectivity index (χ0n) is 41.8. The summed E-state index contributed by atoms with van der Waals surface area (Å²) >= 11 is 0. The number of nitrogens with zero attached hydrogens (tertiary/aromatic N) is 5. The molecule has 2 aromatic heterocycles. The fourth-order valence-corrected chi connectivity index (χ4v) is 12.0. The minimum Gasteiger partial charge on any atom is -0.494 e. The Bertz CT molecular complexity index is 2350. The van der Waals surface area contributed by atoms with Crippen LogP contribution >= 0.6 is 0 Å². The van der Waals surface area contributed by atoms with Gasteiger partial charge in [-0.25, -0.2) is 4.98 Å². The van der Waals surface area contributed by atoms with Crippen molar-refractivity contribution >= 4 is 45.9 Å². The predicted molar refractivity (Wildman–Crippen MR) is 277 cm³/mol. The second kappa shape index (κ2) is 23.6. The van der Waals surface area contributed by atoms with E-state index in [-0.39, 0.29) is 28.7 Å². The molecule has 1 aliphatic heterocycles. The highest BCUT2D eigenvalue weighted by Crippen LogP contribution is 2.51. The van der Waals surface area contributed by atoms with Crippen LogP contribution in [0.3, 0.4) is 0 Å². The molecule has 2 unspecified atom stereocenters. The first-order valence-corrected chi connectivity index (χ1v) is 26.5. The molecule has 3 N–H and O–H groups in total. The first kappa shape index (κ1) is 49.5. The molecule has 68 heavy (non-hydrogen) atoms. The van der Waals surface area contributed by atoms with Crippen molar-refractivity contribution in [2.45, 2.75) is 149 Å². The van der Waals surface area contributed by atoms with E-state index in [2.05, 4.69) is 56.7 Å². The summed E-state index contributed by atoms with van der Waals surface area (Å²) < 4.78 is 7.44. The van der Waals surface area contributed by atoms with Crippen molar-refractivity contribution in [3.63, 3.8) is 0 Å². The molecule has 2 bridgehead atoms. The molecule has 2 aromatic carbocycles. The number of hydrogen-bond acceptors (Lipinski definition) is 9. The van der Waals surface area contributed by atoms with Crippen molar-refractivity contribution in [1.29, 1.82) is 0 Å². The van der Waals surface area contributed by atoms with Crippen LogP contribution in [0.1, 0.15) is 148 Å². The molecule has 4 aliphatic rings. The van der Waals surface area contributed by atoms with Gasteiger partial charge in [0.15, 0.2) is 5.65 Å². The average Bonchev–Trinajstić information content (AvgIpc) is 4.17. The largest absolute Gasteiger partial charge is 0.494 e. The molecule has 12 nitrogen and oxygen atoms in total. The van der Waals surface area contributed by atoms with Gasteiger partial charge >= 0.3 is 0 Å². The Kier molecular flexibility index (Phi) is 17.1. The molecule has 2 atom stereocenters. The normalized spacial score (nSPS) is 21.7. The molecule has 3 heterocycles. The van der Waals surface area contributed by atoms with Gasteiger partial charge in [-0.1, -0.05) is 84.1 Å². The monoisotopic (exact) mass is 929 g/mol. The van der Waals surface area contributed by atoms with E-state index in [1.54, 1.807) is 23.9 Å². The van der Waals surface area contributed by atoms with Gasteiger partial charge in [0, 0.05) is 80.2 Å². The summed E-state index contributed by atoms with van der Waals surface area (Å²) in [6, 6.07) is 15.1. The van der Waals surface area contributed by atoms with Crippen LogP contribution in [0.4, 0.5) is 23.0 Å². The SMILES string of the molecule is COc1cc(N2CCN(CCCCCCCCCCCCCCNC(=O)CC3(C)CC4CC(C)CC(C4)C3)CC2)ccc1Nc1ncc2c(C)cc(=O)n(-c3cccc(NC(=O)C4CC4)c3)c2n1. The molecule has 12 heteroatoms.